The molecule has 2 rings (SSSR count). The minimum Gasteiger partial charge on any atom is -0.463 e. The minimum absolute atomic E-state index is 0.534. The predicted octanol–water partition coefficient (Wildman–Crippen LogP) is -1.40. The van der Waals surface area contributed by atoms with Crippen LogP contribution in [0.3, 0.4) is 0 Å². The van der Waals surface area contributed by atoms with Crippen molar-refractivity contribution in [1.29, 1.82) is 0 Å². The number of carbonyl (C=O) groups excluding carboxylic acids is 7. The molecule has 0 unspecified atom stereocenters. The van der Waals surface area contributed by atoms with E-state index in [-0.39, 0.29) is 0 Å². The first-order valence-corrected chi connectivity index (χ1v) is 13.3. The number of hydrogen-bond donors (Lipinski definition) is 1. The summed E-state index contributed by atoms with van der Waals surface area (Å²) in [4.78, 5) is 83.3. The zero-order valence-electron chi connectivity index (χ0n) is 25.1. The Morgan fingerprint density at radius 3 is 1.20 bits per heavy atom. The molecule has 0 radical (unpaired) electrons. The van der Waals surface area contributed by atoms with Crippen LogP contribution in [0.1, 0.15) is 48.5 Å². The Hall–Kier alpha value is -3.87. The highest BCUT2D eigenvalue weighted by atomic mass is 16.8. The maximum absolute atomic E-state index is 12.1. The molecular weight excluding hydrogens is 600 g/mol. The van der Waals surface area contributed by atoms with Crippen molar-refractivity contribution in [3.05, 3.63) is 0 Å². The minimum atomic E-state index is -1.99. The van der Waals surface area contributed by atoms with Gasteiger partial charge in [0, 0.05) is 48.5 Å². The summed E-state index contributed by atoms with van der Waals surface area (Å²) in [6, 6.07) is 0. The molecule has 2 fully saturated rings. The molecule has 18 nitrogen and oxygen atoms in total. The second-order valence-corrected chi connectivity index (χ2v) is 9.68. The second kappa shape index (κ2) is 16.3. The summed E-state index contributed by atoms with van der Waals surface area (Å²) >= 11 is 0. The van der Waals surface area contributed by atoms with Crippen LogP contribution in [0.2, 0.25) is 0 Å². The monoisotopic (exact) mass is 636 g/mol. The Kier molecular flexibility index (Phi) is 13.4. The summed E-state index contributed by atoms with van der Waals surface area (Å²) in [5, 5.41) is 11.0. The first-order valence-electron chi connectivity index (χ1n) is 13.3. The summed E-state index contributed by atoms with van der Waals surface area (Å²) in [6.07, 6.45) is -16.3. The van der Waals surface area contributed by atoms with Crippen LogP contribution >= 0.6 is 0 Å². The quantitative estimate of drug-likeness (QED) is 0.203. The van der Waals surface area contributed by atoms with E-state index in [2.05, 4.69) is 0 Å². The fourth-order valence-corrected chi connectivity index (χ4v) is 4.49. The molecule has 0 aliphatic carbocycles. The molecule has 0 spiro atoms. The number of carbonyl (C=O) groups is 7. The van der Waals surface area contributed by atoms with E-state index in [0.717, 1.165) is 48.5 Å². The van der Waals surface area contributed by atoms with E-state index in [9.17, 15) is 38.7 Å². The van der Waals surface area contributed by atoms with Gasteiger partial charge in [0.2, 0.25) is 0 Å². The molecule has 0 aromatic heterocycles. The van der Waals surface area contributed by atoms with Gasteiger partial charge in [-0.25, -0.2) is 0 Å². The molecule has 248 valence electrons. The Morgan fingerprint density at radius 1 is 0.477 bits per heavy atom. The molecule has 1 N–H and O–H groups in total. The summed E-state index contributed by atoms with van der Waals surface area (Å²) in [5.74, 6) is -5.97. The zero-order valence-corrected chi connectivity index (χ0v) is 25.1. The zero-order chi connectivity index (χ0) is 33.3. The van der Waals surface area contributed by atoms with Gasteiger partial charge in [0.15, 0.2) is 49.2 Å². The molecule has 18 heteroatoms. The van der Waals surface area contributed by atoms with Crippen molar-refractivity contribution < 1.29 is 86.0 Å². The summed E-state index contributed by atoms with van der Waals surface area (Å²) < 4.78 is 53.9. The maximum atomic E-state index is 12.1. The molecule has 0 bridgehead atoms. The highest BCUT2D eigenvalue weighted by Gasteiger charge is 2.57. The van der Waals surface area contributed by atoms with Gasteiger partial charge >= 0.3 is 41.8 Å². The molecule has 44 heavy (non-hydrogen) atoms. The largest absolute Gasteiger partial charge is 0.463 e. The van der Waals surface area contributed by atoms with Gasteiger partial charge in [-0.3, -0.25) is 33.6 Å². The van der Waals surface area contributed by atoms with Crippen LogP contribution in [0.5, 0.6) is 0 Å². The molecule has 0 aromatic carbocycles. The molecular formula is C26H36O18. The van der Waals surface area contributed by atoms with Crippen molar-refractivity contribution in [2.45, 2.75) is 110 Å². The van der Waals surface area contributed by atoms with E-state index in [4.69, 9.17) is 47.4 Å². The van der Waals surface area contributed by atoms with Gasteiger partial charge in [0.1, 0.15) is 25.4 Å². The number of rotatable bonds is 11. The molecule has 2 heterocycles. The van der Waals surface area contributed by atoms with E-state index in [0.29, 0.717) is 0 Å². The number of hydrogen-bond acceptors (Lipinski definition) is 18. The van der Waals surface area contributed by atoms with Crippen molar-refractivity contribution in [1.82, 2.24) is 0 Å². The van der Waals surface area contributed by atoms with Gasteiger partial charge in [-0.15, -0.1) is 0 Å². The van der Waals surface area contributed by atoms with Gasteiger partial charge in [0.25, 0.3) is 0 Å². The van der Waals surface area contributed by atoms with Crippen molar-refractivity contribution in [2.75, 3.05) is 13.2 Å². The standard InChI is InChI=1S/C26H36O18/c1-10(27)35-8-17-19(37-12(3)29)21(39-14(5)31)23(25(34)42-17)44-26-24(41-16(7)33)22(40-15(6)32)20(38-13(4)30)18(43-26)9-36-11(2)28/h17-26,34H,8-9H2,1-7H3/t17-,18+,19+,20+,21-,22-,23+,24+,25-,26-/m0/s1. The Morgan fingerprint density at radius 2 is 0.818 bits per heavy atom. The maximum Gasteiger partial charge on any atom is 0.303 e. The summed E-state index contributed by atoms with van der Waals surface area (Å²) in [7, 11) is 0. The van der Waals surface area contributed by atoms with Crippen molar-refractivity contribution >= 4 is 41.8 Å². The number of aliphatic hydroxyl groups is 1. The van der Waals surface area contributed by atoms with Gasteiger partial charge in [0.05, 0.1) is 0 Å². The summed E-state index contributed by atoms with van der Waals surface area (Å²) in [5.41, 5.74) is 0. The van der Waals surface area contributed by atoms with Gasteiger partial charge in [-0.1, -0.05) is 0 Å². The lowest BCUT2D eigenvalue weighted by atomic mass is 9.96. The third kappa shape index (κ3) is 10.7. The SMILES string of the molecule is CC(=O)OC[C@@H]1O[C@H](O)[C@H](O[C@@H]2O[C@H](COC(C)=O)[C@@H](OC(C)=O)[C@H](OC(C)=O)[C@H]2OC(C)=O)[C@@H](OC(C)=O)[C@@H]1OC(C)=O. The average molecular weight is 637 g/mol. The highest BCUT2D eigenvalue weighted by Crippen LogP contribution is 2.34. The molecule has 0 amide bonds. The normalized spacial score (nSPS) is 31.5. The molecule has 0 aromatic rings. The molecule has 0 saturated carbocycles. The first-order chi connectivity index (χ1) is 20.5. The van der Waals surface area contributed by atoms with Crippen molar-refractivity contribution in [2.24, 2.45) is 0 Å². The molecule has 10 atom stereocenters. The van der Waals surface area contributed by atoms with Crippen LogP contribution in [0.15, 0.2) is 0 Å². The van der Waals surface area contributed by atoms with E-state index < -0.39 is 116 Å². The lowest BCUT2D eigenvalue weighted by molar-refractivity contribution is -0.363. The Bertz CT molecular complexity index is 1090. The van der Waals surface area contributed by atoms with Crippen LogP contribution in [0.25, 0.3) is 0 Å². The number of esters is 7. The number of aliphatic hydroxyl groups excluding tert-OH is 1. The van der Waals surface area contributed by atoms with Crippen molar-refractivity contribution in [3.63, 3.8) is 0 Å². The topological polar surface area (TPSA) is 232 Å². The lowest BCUT2D eigenvalue weighted by Gasteiger charge is -2.47. The summed E-state index contributed by atoms with van der Waals surface area (Å²) in [6.45, 7) is 6.19. The second-order valence-electron chi connectivity index (χ2n) is 9.68. The van der Waals surface area contributed by atoms with E-state index in [1.807, 2.05) is 0 Å². The molecule has 2 saturated heterocycles. The van der Waals surface area contributed by atoms with Gasteiger partial charge in [-0.05, 0) is 0 Å². The van der Waals surface area contributed by atoms with Crippen LogP contribution in [0.4, 0.5) is 0 Å². The molecule has 2 aliphatic rings. The van der Waals surface area contributed by atoms with Gasteiger partial charge in [-0.2, -0.15) is 0 Å². The Balaban J connectivity index is 2.59. The Labute approximate surface area is 251 Å². The van der Waals surface area contributed by atoms with E-state index in [1.165, 1.54) is 0 Å². The lowest BCUT2D eigenvalue weighted by Crippen LogP contribution is -2.67. The van der Waals surface area contributed by atoms with E-state index >= 15 is 0 Å². The van der Waals surface area contributed by atoms with Crippen LogP contribution in [-0.2, 0) is 80.9 Å². The van der Waals surface area contributed by atoms with Crippen LogP contribution in [-0.4, -0.2) is 122 Å². The van der Waals surface area contributed by atoms with Crippen molar-refractivity contribution in [3.8, 4) is 0 Å². The van der Waals surface area contributed by atoms with E-state index in [1.54, 1.807) is 0 Å². The average Bonchev–Trinajstić information content (AvgIpc) is 2.87. The molecule has 2 aliphatic heterocycles. The third-order valence-corrected chi connectivity index (χ3v) is 5.90. The van der Waals surface area contributed by atoms with Crippen LogP contribution in [0, 0.1) is 0 Å². The highest BCUT2D eigenvalue weighted by molar-refractivity contribution is 5.69. The fraction of sp³-hybridized carbons (Fsp3) is 0.731. The predicted molar refractivity (Wildman–Crippen MR) is 135 cm³/mol. The fourth-order valence-electron chi connectivity index (χ4n) is 4.49. The van der Waals surface area contributed by atoms with Crippen LogP contribution < -0.4 is 0 Å². The first kappa shape index (κ1) is 36.3. The smallest absolute Gasteiger partial charge is 0.303 e. The third-order valence-electron chi connectivity index (χ3n) is 5.90. The van der Waals surface area contributed by atoms with Gasteiger partial charge < -0.3 is 52.5 Å². The number of ether oxygens (including phenoxy) is 10.